The van der Waals surface area contributed by atoms with Crippen LogP contribution in [0.2, 0.25) is 5.02 Å². The number of rotatable bonds is 5. The first-order chi connectivity index (χ1) is 16.0. The van der Waals surface area contributed by atoms with Gasteiger partial charge in [-0.2, -0.15) is 0 Å². The minimum atomic E-state index is -0.0794. The third-order valence-electron chi connectivity index (χ3n) is 6.22. The number of hydrogen-bond donors (Lipinski definition) is 1. The molecule has 0 spiro atoms. The van der Waals surface area contributed by atoms with E-state index in [4.69, 9.17) is 23.8 Å². The van der Waals surface area contributed by atoms with Crippen LogP contribution in [-0.4, -0.2) is 19.6 Å². The topological polar surface area (TPSA) is 46.0 Å². The van der Waals surface area contributed by atoms with E-state index in [-0.39, 0.29) is 12.1 Å². The van der Waals surface area contributed by atoms with Crippen LogP contribution in [0.3, 0.4) is 0 Å². The number of anilines is 1. The van der Waals surface area contributed by atoms with Gasteiger partial charge in [-0.15, -0.1) is 0 Å². The van der Waals surface area contributed by atoms with Crippen molar-refractivity contribution in [1.29, 1.82) is 0 Å². The van der Waals surface area contributed by atoms with Crippen molar-refractivity contribution in [3.05, 3.63) is 112 Å². The Morgan fingerprint density at radius 1 is 1.00 bits per heavy atom. The van der Waals surface area contributed by atoms with Crippen LogP contribution in [0, 0.1) is 13.8 Å². The Balaban J connectivity index is 1.62. The van der Waals surface area contributed by atoms with E-state index >= 15 is 0 Å². The van der Waals surface area contributed by atoms with Gasteiger partial charge in [-0.05, 0) is 91.8 Å². The van der Waals surface area contributed by atoms with Crippen LogP contribution in [0.1, 0.15) is 40.3 Å². The van der Waals surface area contributed by atoms with E-state index in [0.29, 0.717) is 10.1 Å². The van der Waals surface area contributed by atoms with Gasteiger partial charge in [0.05, 0.1) is 17.8 Å². The fraction of sp³-hybridized carbons (Fsp3) is 0.192. The van der Waals surface area contributed by atoms with Gasteiger partial charge in [0.2, 0.25) is 0 Å². The van der Waals surface area contributed by atoms with Gasteiger partial charge in [-0.1, -0.05) is 17.7 Å². The van der Waals surface area contributed by atoms with Crippen LogP contribution in [0.5, 0.6) is 0 Å². The van der Waals surface area contributed by atoms with Gasteiger partial charge in [0.25, 0.3) is 0 Å². The predicted octanol–water partition coefficient (Wildman–Crippen LogP) is 5.77. The first-order valence-corrected chi connectivity index (χ1v) is 11.6. The van der Waals surface area contributed by atoms with E-state index < -0.39 is 0 Å². The van der Waals surface area contributed by atoms with Crippen LogP contribution in [0.25, 0.3) is 0 Å². The molecular formula is C26H24ClN5S. The molecule has 3 aromatic heterocycles. The number of aryl methyl sites for hydroxylation is 1. The highest BCUT2D eigenvalue weighted by atomic mass is 35.5. The molecular weight excluding hydrogens is 450 g/mol. The Kier molecular flexibility index (Phi) is 5.87. The molecule has 4 heterocycles. The van der Waals surface area contributed by atoms with Crippen LogP contribution in [0.4, 0.5) is 5.69 Å². The molecule has 0 amide bonds. The van der Waals surface area contributed by atoms with E-state index in [2.05, 4.69) is 62.9 Å². The highest BCUT2D eigenvalue weighted by Crippen LogP contribution is 2.43. The lowest BCUT2D eigenvalue weighted by Gasteiger charge is -2.28. The molecule has 1 aliphatic rings. The van der Waals surface area contributed by atoms with Crippen molar-refractivity contribution >= 4 is 34.6 Å². The van der Waals surface area contributed by atoms with Crippen molar-refractivity contribution in [3.63, 3.8) is 0 Å². The molecule has 0 aliphatic carbocycles. The lowest BCUT2D eigenvalue weighted by molar-refractivity contribution is 0.563. The SMILES string of the molecule is Cc1cc([C@@H]2[C@H](c3ccccn3)NC(=S)N2c2ccc(Cl)cc2)c(C)n1Cc1ccncc1. The fourth-order valence-corrected chi connectivity index (χ4v) is 5.06. The Labute approximate surface area is 204 Å². The molecule has 5 nitrogen and oxygen atoms in total. The van der Waals surface area contributed by atoms with Crippen LogP contribution in [0.15, 0.2) is 79.3 Å². The van der Waals surface area contributed by atoms with Crippen molar-refractivity contribution in [2.75, 3.05) is 4.90 Å². The first-order valence-electron chi connectivity index (χ1n) is 10.8. The normalized spacial score (nSPS) is 17.9. The molecule has 166 valence electrons. The summed E-state index contributed by atoms with van der Waals surface area (Å²) in [5.41, 5.74) is 6.81. The number of pyridine rings is 2. The Bertz CT molecular complexity index is 1270. The average molecular weight is 474 g/mol. The molecule has 0 unspecified atom stereocenters. The van der Waals surface area contributed by atoms with Crippen molar-refractivity contribution in [1.82, 2.24) is 19.9 Å². The highest BCUT2D eigenvalue weighted by molar-refractivity contribution is 7.80. The van der Waals surface area contributed by atoms with Gasteiger partial charge < -0.3 is 14.8 Å². The summed E-state index contributed by atoms with van der Waals surface area (Å²) in [5, 5.41) is 4.91. The summed E-state index contributed by atoms with van der Waals surface area (Å²) in [6, 6.07) is 20.1. The molecule has 1 N–H and O–H groups in total. The average Bonchev–Trinajstić information content (AvgIpc) is 3.32. The van der Waals surface area contributed by atoms with Gasteiger partial charge in [0.1, 0.15) is 0 Å². The zero-order valence-corrected chi connectivity index (χ0v) is 20.0. The van der Waals surface area contributed by atoms with Crippen LogP contribution in [-0.2, 0) is 6.54 Å². The zero-order valence-electron chi connectivity index (χ0n) is 18.4. The molecule has 1 fully saturated rings. The minimum Gasteiger partial charge on any atom is -0.351 e. The van der Waals surface area contributed by atoms with Gasteiger partial charge >= 0.3 is 0 Å². The standard InChI is InChI=1S/C26H24ClN5S/c1-17-15-22(18(2)31(17)16-19-10-13-28-14-11-19)25-24(23-5-3-4-12-29-23)30-26(33)32(25)21-8-6-20(27)7-9-21/h3-15,24-25H,16H2,1-2H3,(H,30,33)/t24-,25+/m0/s1. The van der Waals surface area contributed by atoms with Gasteiger partial charge in [-0.25, -0.2) is 0 Å². The van der Waals surface area contributed by atoms with E-state index in [1.54, 1.807) is 0 Å². The summed E-state index contributed by atoms with van der Waals surface area (Å²) in [6.07, 6.45) is 5.50. The number of halogens is 1. The number of benzene rings is 1. The maximum absolute atomic E-state index is 6.17. The quantitative estimate of drug-likeness (QED) is 0.372. The minimum absolute atomic E-state index is 0.0500. The second-order valence-corrected chi connectivity index (χ2v) is 9.06. The summed E-state index contributed by atoms with van der Waals surface area (Å²) in [7, 11) is 0. The molecule has 1 aliphatic heterocycles. The maximum atomic E-state index is 6.17. The fourth-order valence-electron chi connectivity index (χ4n) is 4.59. The molecule has 0 bridgehead atoms. The molecule has 1 aromatic carbocycles. The third-order valence-corrected chi connectivity index (χ3v) is 6.79. The third kappa shape index (κ3) is 4.12. The molecule has 0 radical (unpaired) electrons. The van der Waals surface area contributed by atoms with Crippen molar-refractivity contribution in [2.24, 2.45) is 0 Å². The largest absolute Gasteiger partial charge is 0.351 e. The Hall–Kier alpha value is -3.22. The highest BCUT2D eigenvalue weighted by Gasteiger charge is 2.42. The Morgan fingerprint density at radius 2 is 1.76 bits per heavy atom. The summed E-state index contributed by atoms with van der Waals surface area (Å²) < 4.78 is 2.35. The summed E-state index contributed by atoms with van der Waals surface area (Å²) in [4.78, 5) is 11.0. The van der Waals surface area contributed by atoms with E-state index in [1.807, 2.05) is 55.0 Å². The Morgan fingerprint density at radius 3 is 2.45 bits per heavy atom. The number of aromatic nitrogens is 3. The van der Waals surface area contributed by atoms with E-state index in [9.17, 15) is 0 Å². The van der Waals surface area contributed by atoms with Crippen molar-refractivity contribution < 1.29 is 0 Å². The first kappa shape index (κ1) is 21.6. The van der Waals surface area contributed by atoms with Crippen LogP contribution >= 0.6 is 23.8 Å². The second-order valence-electron chi connectivity index (χ2n) is 8.24. The monoisotopic (exact) mass is 473 g/mol. The van der Waals surface area contributed by atoms with E-state index in [1.165, 1.54) is 22.5 Å². The molecule has 2 atom stereocenters. The molecule has 1 saturated heterocycles. The number of thiocarbonyl (C=S) groups is 1. The van der Waals surface area contributed by atoms with E-state index in [0.717, 1.165) is 17.9 Å². The smallest absolute Gasteiger partial charge is 0.174 e. The van der Waals surface area contributed by atoms with Crippen molar-refractivity contribution in [3.8, 4) is 0 Å². The molecule has 4 aromatic rings. The van der Waals surface area contributed by atoms with Gasteiger partial charge in [0.15, 0.2) is 5.11 Å². The predicted molar refractivity (Wildman–Crippen MR) is 137 cm³/mol. The molecule has 0 saturated carbocycles. The maximum Gasteiger partial charge on any atom is 0.174 e. The second kappa shape index (κ2) is 8.96. The number of nitrogens with zero attached hydrogens (tertiary/aromatic N) is 4. The van der Waals surface area contributed by atoms with Crippen LogP contribution < -0.4 is 10.2 Å². The number of nitrogens with one attached hydrogen (secondary N) is 1. The van der Waals surface area contributed by atoms with Gasteiger partial charge in [0, 0.05) is 47.2 Å². The molecule has 5 rings (SSSR count). The zero-order chi connectivity index (χ0) is 22.9. The molecule has 33 heavy (non-hydrogen) atoms. The molecule has 7 heteroatoms. The van der Waals surface area contributed by atoms with Gasteiger partial charge in [-0.3, -0.25) is 9.97 Å². The summed E-state index contributed by atoms with van der Waals surface area (Å²) in [5.74, 6) is 0. The lowest BCUT2D eigenvalue weighted by Crippen LogP contribution is -2.29. The lowest BCUT2D eigenvalue weighted by atomic mass is 9.96. The summed E-state index contributed by atoms with van der Waals surface area (Å²) in [6.45, 7) is 5.13. The number of hydrogen-bond acceptors (Lipinski definition) is 3. The van der Waals surface area contributed by atoms with Crippen molar-refractivity contribution in [2.45, 2.75) is 32.5 Å². The summed E-state index contributed by atoms with van der Waals surface area (Å²) >= 11 is 12.0.